The van der Waals surface area contributed by atoms with Gasteiger partial charge in [0.25, 0.3) is 0 Å². The fourth-order valence-corrected chi connectivity index (χ4v) is 2.99. The third-order valence-electron chi connectivity index (χ3n) is 4.28. The highest BCUT2D eigenvalue weighted by molar-refractivity contribution is 6.03. The van der Waals surface area contributed by atoms with Crippen LogP contribution in [-0.4, -0.2) is 25.5 Å². The van der Waals surface area contributed by atoms with Crippen LogP contribution in [0.15, 0.2) is 36.4 Å². The molecule has 2 aromatic rings. The van der Waals surface area contributed by atoms with E-state index in [2.05, 4.69) is 5.32 Å². The average Bonchev–Trinajstić information content (AvgIpc) is 2.59. The van der Waals surface area contributed by atoms with Crippen LogP contribution in [0.25, 0.3) is 0 Å². The smallest absolute Gasteiger partial charge is 0.244 e. The van der Waals surface area contributed by atoms with Crippen LogP contribution in [0.5, 0.6) is 5.75 Å². The van der Waals surface area contributed by atoms with Gasteiger partial charge in [0, 0.05) is 6.92 Å². The van der Waals surface area contributed by atoms with E-state index < -0.39 is 0 Å². The molecule has 5 heteroatoms. The highest BCUT2D eigenvalue weighted by Gasteiger charge is 2.20. The van der Waals surface area contributed by atoms with Gasteiger partial charge in [0.15, 0.2) is 0 Å². The summed E-state index contributed by atoms with van der Waals surface area (Å²) in [4.78, 5) is 26.4. The Morgan fingerprint density at radius 1 is 1.15 bits per heavy atom. The SMILES string of the molecule is CCc1cccc(C)c1N(CC(=O)Nc1cc(C)ccc1OC)C(C)=O. The second-order valence-electron chi connectivity index (χ2n) is 6.29. The Morgan fingerprint density at radius 2 is 1.88 bits per heavy atom. The van der Waals surface area contributed by atoms with Gasteiger partial charge in [0.2, 0.25) is 11.8 Å². The largest absolute Gasteiger partial charge is 0.495 e. The first-order chi connectivity index (χ1) is 12.4. The number of methoxy groups -OCH3 is 1. The molecule has 0 aliphatic carbocycles. The predicted octanol–water partition coefficient (Wildman–Crippen LogP) is 3.87. The van der Waals surface area contributed by atoms with Crippen molar-refractivity contribution in [3.8, 4) is 5.75 Å². The summed E-state index contributed by atoms with van der Waals surface area (Å²) < 4.78 is 5.30. The maximum absolute atomic E-state index is 12.6. The minimum Gasteiger partial charge on any atom is -0.495 e. The molecule has 1 N–H and O–H groups in total. The number of carbonyl (C=O) groups is 2. The molecule has 0 spiro atoms. The third-order valence-corrected chi connectivity index (χ3v) is 4.28. The monoisotopic (exact) mass is 354 g/mol. The van der Waals surface area contributed by atoms with Crippen molar-refractivity contribution in [1.29, 1.82) is 0 Å². The molecule has 0 atom stereocenters. The predicted molar refractivity (Wildman–Crippen MR) is 105 cm³/mol. The number of carbonyl (C=O) groups excluding carboxylic acids is 2. The number of hydrogen-bond acceptors (Lipinski definition) is 3. The Bertz CT molecular complexity index is 815. The molecule has 0 fully saturated rings. The van der Waals surface area contributed by atoms with Crippen molar-refractivity contribution in [2.45, 2.75) is 34.1 Å². The lowest BCUT2D eigenvalue weighted by Crippen LogP contribution is -2.37. The zero-order valence-corrected chi connectivity index (χ0v) is 16.1. The summed E-state index contributed by atoms with van der Waals surface area (Å²) in [7, 11) is 1.56. The highest BCUT2D eigenvalue weighted by Crippen LogP contribution is 2.27. The van der Waals surface area contributed by atoms with Gasteiger partial charge < -0.3 is 15.0 Å². The van der Waals surface area contributed by atoms with Gasteiger partial charge in [0.1, 0.15) is 12.3 Å². The van der Waals surface area contributed by atoms with Gasteiger partial charge >= 0.3 is 0 Å². The van der Waals surface area contributed by atoms with E-state index in [-0.39, 0.29) is 18.4 Å². The summed E-state index contributed by atoms with van der Waals surface area (Å²) in [5, 5.41) is 2.86. The van der Waals surface area contributed by atoms with Crippen molar-refractivity contribution in [3.63, 3.8) is 0 Å². The topological polar surface area (TPSA) is 58.6 Å². The van der Waals surface area contributed by atoms with Crippen LogP contribution >= 0.6 is 0 Å². The fourth-order valence-electron chi connectivity index (χ4n) is 2.99. The summed E-state index contributed by atoms with van der Waals surface area (Å²) in [6, 6.07) is 11.5. The molecule has 0 aliphatic rings. The second-order valence-corrected chi connectivity index (χ2v) is 6.29. The lowest BCUT2D eigenvalue weighted by atomic mass is 10.0. The summed E-state index contributed by atoms with van der Waals surface area (Å²) in [5.74, 6) is 0.151. The van der Waals surface area contributed by atoms with E-state index in [4.69, 9.17) is 4.74 Å². The molecule has 2 rings (SSSR count). The number of hydrogen-bond donors (Lipinski definition) is 1. The zero-order valence-electron chi connectivity index (χ0n) is 16.1. The Hall–Kier alpha value is -2.82. The van der Waals surface area contributed by atoms with E-state index >= 15 is 0 Å². The summed E-state index contributed by atoms with van der Waals surface area (Å²) in [6.45, 7) is 7.36. The van der Waals surface area contributed by atoms with Gasteiger partial charge in [-0.2, -0.15) is 0 Å². The van der Waals surface area contributed by atoms with Crippen LogP contribution in [-0.2, 0) is 16.0 Å². The minimum absolute atomic E-state index is 0.0513. The van der Waals surface area contributed by atoms with Crippen molar-refractivity contribution in [2.75, 3.05) is 23.9 Å². The van der Waals surface area contributed by atoms with E-state index in [1.54, 1.807) is 7.11 Å². The van der Waals surface area contributed by atoms with Gasteiger partial charge in [0.05, 0.1) is 18.5 Å². The number of amides is 2. The molecule has 2 amide bonds. The third kappa shape index (κ3) is 4.42. The molecule has 5 nitrogen and oxygen atoms in total. The molecular weight excluding hydrogens is 328 g/mol. The Balaban J connectivity index is 2.28. The Kier molecular flexibility index (Phi) is 6.39. The second kappa shape index (κ2) is 8.52. The molecule has 0 heterocycles. The molecule has 0 saturated carbocycles. The molecule has 0 bridgehead atoms. The molecule has 2 aromatic carbocycles. The van der Waals surface area contributed by atoms with Crippen LogP contribution < -0.4 is 15.0 Å². The fraction of sp³-hybridized carbons (Fsp3) is 0.333. The minimum atomic E-state index is -0.269. The number of benzene rings is 2. The van der Waals surface area contributed by atoms with Crippen molar-refractivity contribution in [2.24, 2.45) is 0 Å². The van der Waals surface area contributed by atoms with Crippen molar-refractivity contribution >= 4 is 23.2 Å². The summed E-state index contributed by atoms with van der Waals surface area (Å²) >= 11 is 0. The quantitative estimate of drug-likeness (QED) is 0.857. The van der Waals surface area contributed by atoms with Crippen LogP contribution in [0.2, 0.25) is 0 Å². The van der Waals surface area contributed by atoms with Crippen LogP contribution in [0.3, 0.4) is 0 Å². The Labute approximate surface area is 155 Å². The number of anilines is 2. The molecule has 0 aliphatic heterocycles. The first-order valence-corrected chi connectivity index (χ1v) is 8.68. The van der Waals surface area contributed by atoms with E-state index in [9.17, 15) is 9.59 Å². The van der Waals surface area contributed by atoms with Gasteiger partial charge in [-0.3, -0.25) is 9.59 Å². The van der Waals surface area contributed by atoms with Crippen molar-refractivity contribution in [1.82, 2.24) is 0 Å². The molecule has 0 saturated heterocycles. The van der Waals surface area contributed by atoms with Gasteiger partial charge in [-0.05, 0) is 49.1 Å². The zero-order chi connectivity index (χ0) is 19.3. The lowest BCUT2D eigenvalue weighted by molar-refractivity contribution is -0.120. The first-order valence-electron chi connectivity index (χ1n) is 8.68. The lowest BCUT2D eigenvalue weighted by Gasteiger charge is -2.25. The normalized spacial score (nSPS) is 10.3. The van der Waals surface area contributed by atoms with E-state index in [0.29, 0.717) is 11.4 Å². The number of para-hydroxylation sites is 1. The summed E-state index contributed by atoms with van der Waals surface area (Å²) in [5.41, 5.74) is 4.44. The molecule has 0 aromatic heterocycles. The van der Waals surface area contributed by atoms with Gasteiger partial charge in [-0.25, -0.2) is 0 Å². The molecule has 0 unspecified atom stereocenters. The highest BCUT2D eigenvalue weighted by atomic mass is 16.5. The molecule has 138 valence electrons. The van der Waals surface area contributed by atoms with Crippen LogP contribution in [0.4, 0.5) is 11.4 Å². The molecule has 26 heavy (non-hydrogen) atoms. The van der Waals surface area contributed by atoms with E-state index in [1.165, 1.54) is 11.8 Å². The molecule has 0 radical (unpaired) electrons. The van der Waals surface area contributed by atoms with E-state index in [1.807, 2.05) is 57.2 Å². The maximum Gasteiger partial charge on any atom is 0.244 e. The van der Waals surface area contributed by atoms with Crippen molar-refractivity contribution in [3.05, 3.63) is 53.1 Å². The maximum atomic E-state index is 12.6. The van der Waals surface area contributed by atoms with E-state index in [0.717, 1.165) is 28.8 Å². The summed E-state index contributed by atoms with van der Waals surface area (Å²) in [6.07, 6.45) is 0.786. The number of nitrogens with one attached hydrogen (secondary N) is 1. The number of nitrogens with zero attached hydrogens (tertiary/aromatic N) is 1. The van der Waals surface area contributed by atoms with Crippen LogP contribution in [0, 0.1) is 13.8 Å². The Morgan fingerprint density at radius 3 is 2.50 bits per heavy atom. The number of ether oxygens (including phenoxy) is 1. The van der Waals surface area contributed by atoms with Crippen LogP contribution in [0.1, 0.15) is 30.5 Å². The standard InChI is InChI=1S/C21H26N2O3/c1-6-17-9-7-8-15(3)21(17)23(16(4)24)13-20(25)22-18-12-14(2)10-11-19(18)26-5/h7-12H,6,13H2,1-5H3,(H,22,25). The first kappa shape index (κ1) is 19.5. The van der Waals surface area contributed by atoms with Gasteiger partial charge in [-0.1, -0.05) is 31.2 Å². The average molecular weight is 354 g/mol. The van der Waals surface area contributed by atoms with Crippen molar-refractivity contribution < 1.29 is 14.3 Å². The number of rotatable bonds is 6. The van der Waals surface area contributed by atoms with Gasteiger partial charge in [-0.15, -0.1) is 0 Å². The number of aryl methyl sites for hydroxylation is 3. The molecular formula is C21H26N2O3.